The summed E-state index contributed by atoms with van der Waals surface area (Å²) in [6.07, 6.45) is 0.364. The summed E-state index contributed by atoms with van der Waals surface area (Å²) in [6.45, 7) is 10.1. The lowest BCUT2D eigenvalue weighted by molar-refractivity contribution is -0.0682. The Morgan fingerprint density at radius 1 is 1.29 bits per heavy atom. The molecule has 0 spiro atoms. The van der Waals surface area contributed by atoms with Gasteiger partial charge in [0.1, 0.15) is 0 Å². The summed E-state index contributed by atoms with van der Waals surface area (Å²) in [6, 6.07) is 0.504. The second-order valence-electron chi connectivity index (χ2n) is 4.76. The molecule has 0 saturated carbocycles. The molecule has 2 atom stereocenters. The summed E-state index contributed by atoms with van der Waals surface area (Å²) < 4.78 is 11.4. The summed E-state index contributed by atoms with van der Waals surface area (Å²) >= 11 is 3.57. The van der Waals surface area contributed by atoms with E-state index in [0.717, 1.165) is 57.9 Å². The monoisotopic (exact) mass is 306 g/mol. The molecule has 2 heterocycles. The third-order valence-electron chi connectivity index (χ3n) is 3.64. The zero-order chi connectivity index (χ0) is 12.1. The zero-order valence-corrected chi connectivity index (χ0v) is 12.2. The average molecular weight is 307 g/mol. The van der Waals surface area contributed by atoms with E-state index in [4.69, 9.17) is 9.47 Å². The van der Waals surface area contributed by atoms with Crippen LogP contribution in [0.4, 0.5) is 0 Å². The Bertz CT molecular complexity index is 231. The predicted octanol–water partition coefficient (Wildman–Crippen LogP) is 0.803. The van der Waals surface area contributed by atoms with E-state index in [2.05, 4.69) is 32.7 Å². The van der Waals surface area contributed by atoms with Gasteiger partial charge >= 0.3 is 0 Å². The Balaban J connectivity index is 1.81. The number of hydrogen-bond donors (Lipinski definition) is 0. The van der Waals surface area contributed by atoms with Gasteiger partial charge in [-0.1, -0.05) is 22.9 Å². The van der Waals surface area contributed by atoms with Crippen LogP contribution < -0.4 is 0 Å². The molecule has 2 aliphatic heterocycles. The van der Waals surface area contributed by atoms with Gasteiger partial charge in [0.15, 0.2) is 0 Å². The number of likely N-dealkylation sites (N-methyl/N-ethyl adjacent to an activating group) is 1. The molecule has 2 rings (SSSR count). The Kier molecular flexibility index (Phi) is 5.69. The van der Waals surface area contributed by atoms with Crippen molar-refractivity contribution < 1.29 is 9.47 Å². The lowest BCUT2D eigenvalue weighted by Crippen LogP contribution is -2.53. The van der Waals surface area contributed by atoms with Crippen LogP contribution in [0.5, 0.6) is 0 Å². The highest BCUT2D eigenvalue weighted by molar-refractivity contribution is 9.09. The highest BCUT2D eigenvalue weighted by Gasteiger charge is 2.27. The first-order valence-corrected chi connectivity index (χ1v) is 7.67. The van der Waals surface area contributed by atoms with Crippen molar-refractivity contribution in [2.75, 3.05) is 57.9 Å². The van der Waals surface area contributed by atoms with Crippen molar-refractivity contribution >= 4 is 15.9 Å². The molecule has 100 valence electrons. The van der Waals surface area contributed by atoms with Crippen LogP contribution in [0.1, 0.15) is 6.92 Å². The number of hydrogen-bond acceptors (Lipinski definition) is 4. The zero-order valence-electron chi connectivity index (χ0n) is 10.6. The first-order chi connectivity index (χ1) is 8.33. The summed E-state index contributed by atoms with van der Waals surface area (Å²) in [7, 11) is 0. The van der Waals surface area contributed by atoms with E-state index in [-0.39, 0.29) is 0 Å². The van der Waals surface area contributed by atoms with Crippen molar-refractivity contribution in [1.29, 1.82) is 0 Å². The maximum atomic E-state index is 5.87. The maximum Gasteiger partial charge on any atom is 0.0829 e. The van der Waals surface area contributed by atoms with Gasteiger partial charge in [-0.3, -0.25) is 9.80 Å². The van der Waals surface area contributed by atoms with Gasteiger partial charge in [0.05, 0.1) is 25.9 Å². The lowest BCUT2D eigenvalue weighted by atomic mass is 10.2. The summed E-state index contributed by atoms with van der Waals surface area (Å²) in [5.74, 6) is 0. The summed E-state index contributed by atoms with van der Waals surface area (Å²) in [5.41, 5.74) is 0. The van der Waals surface area contributed by atoms with Crippen LogP contribution in [0.25, 0.3) is 0 Å². The molecule has 0 aromatic carbocycles. The Labute approximate surface area is 112 Å². The fraction of sp³-hybridized carbons (Fsp3) is 1.00. The smallest absolute Gasteiger partial charge is 0.0829 e. The fourth-order valence-corrected chi connectivity index (χ4v) is 3.11. The molecule has 4 nitrogen and oxygen atoms in total. The Hall–Kier alpha value is 0.320. The standard InChI is InChI=1S/C12H23BrN2O2/c1-2-14-3-6-17-12(8-14)9-15-4-5-16-10-11(15)7-13/h11-12H,2-10H2,1H3. The van der Waals surface area contributed by atoms with Gasteiger partial charge in [-0.2, -0.15) is 0 Å². The van der Waals surface area contributed by atoms with Crippen molar-refractivity contribution in [1.82, 2.24) is 9.80 Å². The van der Waals surface area contributed by atoms with Gasteiger partial charge in [0.2, 0.25) is 0 Å². The number of nitrogens with zero attached hydrogens (tertiary/aromatic N) is 2. The minimum atomic E-state index is 0.364. The van der Waals surface area contributed by atoms with Crippen molar-refractivity contribution in [3.05, 3.63) is 0 Å². The Morgan fingerprint density at radius 2 is 2.18 bits per heavy atom. The molecule has 5 heteroatoms. The van der Waals surface area contributed by atoms with E-state index < -0.39 is 0 Å². The van der Waals surface area contributed by atoms with E-state index >= 15 is 0 Å². The van der Waals surface area contributed by atoms with Gasteiger partial charge in [-0.25, -0.2) is 0 Å². The molecule has 0 aromatic rings. The SMILES string of the molecule is CCN1CCOC(CN2CCOCC2CBr)C1. The molecule has 0 amide bonds. The lowest BCUT2D eigenvalue weighted by Gasteiger charge is -2.39. The second kappa shape index (κ2) is 7.04. The third-order valence-corrected chi connectivity index (χ3v) is 4.38. The topological polar surface area (TPSA) is 24.9 Å². The molecule has 0 aliphatic carbocycles. The predicted molar refractivity (Wildman–Crippen MR) is 71.8 cm³/mol. The van der Waals surface area contributed by atoms with E-state index in [1.807, 2.05) is 0 Å². The molecule has 0 aromatic heterocycles. The van der Waals surface area contributed by atoms with Gasteiger partial charge in [-0.15, -0.1) is 0 Å². The highest BCUT2D eigenvalue weighted by Crippen LogP contribution is 2.13. The average Bonchev–Trinajstić information content (AvgIpc) is 2.39. The molecular weight excluding hydrogens is 284 g/mol. The van der Waals surface area contributed by atoms with Crippen molar-refractivity contribution in [3.8, 4) is 0 Å². The minimum Gasteiger partial charge on any atom is -0.378 e. The van der Waals surface area contributed by atoms with Crippen molar-refractivity contribution in [2.45, 2.75) is 19.1 Å². The van der Waals surface area contributed by atoms with Crippen molar-refractivity contribution in [2.24, 2.45) is 0 Å². The summed E-state index contributed by atoms with van der Waals surface area (Å²) in [5, 5.41) is 0.983. The van der Waals surface area contributed by atoms with Gasteiger partial charge in [0.25, 0.3) is 0 Å². The van der Waals surface area contributed by atoms with Crippen LogP contribution >= 0.6 is 15.9 Å². The van der Waals surface area contributed by atoms with Gasteiger partial charge < -0.3 is 9.47 Å². The Morgan fingerprint density at radius 3 is 2.94 bits per heavy atom. The molecule has 2 saturated heterocycles. The van der Waals surface area contributed by atoms with Crippen LogP contribution in [0.3, 0.4) is 0 Å². The molecule has 17 heavy (non-hydrogen) atoms. The summed E-state index contributed by atoms with van der Waals surface area (Å²) in [4.78, 5) is 4.97. The molecule has 2 fully saturated rings. The molecular formula is C12H23BrN2O2. The molecule has 0 bridgehead atoms. The number of ether oxygens (including phenoxy) is 2. The molecule has 0 N–H and O–H groups in total. The van der Waals surface area contributed by atoms with E-state index in [1.165, 1.54) is 0 Å². The second-order valence-corrected chi connectivity index (χ2v) is 5.41. The first kappa shape index (κ1) is 13.7. The van der Waals surface area contributed by atoms with E-state index in [1.54, 1.807) is 0 Å². The van der Waals surface area contributed by atoms with E-state index in [9.17, 15) is 0 Å². The van der Waals surface area contributed by atoms with Crippen LogP contribution in [0, 0.1) is 0 Å². The minimum absolute atomic E-state index is 0.364. The normalized spacial score (nSPS) is 32.8. The fourth-order valence-electron chi connectivity index (χ4n) is 2.51. The van der Waals surface area contributed by atoms with Crippen LogP contribution in [-0.2, 0) is 9.47 Å². The van der Waals surface area contributed by atoms with Gasteiger partial charge in [0, 0.05) is 37.6 Å². The number of alkyl halides is 1. The van der Waals surface area contributed by atoms with Crippen LogP contribution in [0.15, 0.2) is 0 Å². The van der Waals surface area contributed by atoms with Crippen molar-refractivity contribution in [3.63, 3.8) is 0 Å². The number of halogens is 1. The highest BCUT2D eigenvalue weighted by atomic mass is 79.9. The first-order valence-electron chi connectivity index (χ1n) is 6.55. The van der Waals surface area contributed by atoms with Crippen LogP contribution in [-0.4, -0.2) is 79.8 Å². The van der Waals surface area contributed by atoms with Crippen LogP contribution in [0.2, 0.25) is 0 Å². The number of rotatable bonds is 4. The third kappa shape index (κ3) is 3.89. The maximum absolute atomic E-state index is 5.87. The quantitative estimate of drug-likeness (QED) is 0.718. The van der Waals surface area contributed by atoms with Gasteiger partial charge in [-0.05, 0) is 6.54 Å². The van der Waals surface area contributed by atoms with E-state index in [0.29, 0.717) is 12.1 Å². The molecule has 2 unspecified atom stereocenters. The molecule has 0 radical (unpaired) electrons. The largest absolute Gasteiger partial charge is 0.378 e. The number of morpholine rings is 2. The molecule has 2 aliphatic rings.